The topological polar surface area (TPSA) is 54.5 Å². The van der Waals surface area contributed by atoms with Gasteiger partial charge in [0.05, 0.1) is 10.9 Å². The normalized spacial score (nSPS) is 24.2. The van der Waals surface area contributed by atoms with Crippen LogP contribution in [0.2, 0.25) is 0 Å². The molecule has 2 aliphatic carbocycles. The predicted octanol–water partition coefficient (Wildman–Crippen LogP) is 7.99. The van der Waals surface area contributed by atoms with Gasteiger partial charge < -0.3 is 4.90 Å². The maximum absolute atomic E-state index is 15.9. The van der Waals surface area contributed by atoms with Crippen LogP contribution in [0.25, 0.3) is 0 Å². The molecule has 1 amide bonds. The number of amides is 1. The number of carbonyl (C=O) groups is 1. The Morgan fingerprint density at radius 3 is 2.02 bits per heavy atom. The van der Waals surface area contributed by atoms with E-state index in [9.17, 15) is 39.6 Å². The van der Waals surface area contributed by atoms with Crippen LogP contribution in [0.5, 0.6) is 0 Å². The van der Waals surface area contributed by atoms with Crippen molar-refractivity contribution in [2.75, 3.05) is 6.54 Å². The van der Waals surface area contributed by atoms with Gasteiger partial charge in [0.1, 0.15) is 4.75 Å². The summed E-state index contributed by atoms with van der Waals surface area (Å²) in [7, 11) is -4.49. The lowest BCUT2D eigenvalue weighted by atomic mass is 9.76. The van der Waals surface area contributed by atoms with E-state index in [1.54, 1.807) is 12.1 Å². The van der Waals surface area contributed by atoms with Gasteiger partial charge in [0.2, 0.25) is 0 Å². The van der Waals surface area contributed by atoms with Gasteiger partial charge in [-0.05, 0) is 79.7 Å². The number of carbonyl (C=O) groups excluding carboxylic acids is 1. The first kappa shape index (κ1) is 32.7. The fraction of sp³-hybridized carbons (Fsp3) is 0.581. The summed E-state index contributed by atoms with van der Waals surface area (Å²) < 4.78 is 140. The molecule has 0 bridgehead atoms. The molecule has 2 atom stereocenters. The predicted molar refractivity (Wildman–Crippen MR) is 146 cm³/mol. The number of likely N-dealkylation sites (tertiary alicyclic amines) is 1. The fourth-order valence-corrected chi connectivity index (χ4v) is 9.67. The monoisotopic (exact) mass is 651 g/mol. The molecule has 0 radical (unpaired) electrons. The van der Waals surface area contributed by atoms with Gasteiger partial charge in [0, 0.05) is 12.1 Å². The highest BCUT2D eigenvalue weighted by atomic mass is 32.2. The van der Waals surface area contributed by atoms with Crippen LogP contribution in [-0.4, -0.2) is 49.8 Å². The number of hydrogen-bond donors (Lipinski definition) is 0. The van der Waals surface area contributed by atoms with E-state index in [2.05, 4.69) is 0 Å². The van der Waals surface area contributed by atoms with E-state index >= 15 is 8.78 Å². The van der Waals surface area contributed by atoms with Crippen LogP contribution in [0.3, 0.4) is 0 Å². The Kier molecular flexibility index (Phi) is 7.94. The molecule has 0 spiro atoms. The number of benzene rings is 2. The zero-order valence-corrected chi connectivity index (χ0v) is 25.0. The van der Waals surface area contributed by atoms with Crippen molar-refractivity contribution in [3.05, 3.63) is 64.7 Å². The van der Waals surface area contributed by atoms with E-state index < -0.39 is 55.8 Å². The van der Waals surface area contributed by atoms with Crippen molar-refractivity contribution >= 4 is 15.7 Å². The van der Waals surface area contributed by atoms with Crippen LogP contribution in [0.15, 0.2) is 47.4 Å². The van der Waals surface area contributed by atoms with Crippen molar-refractivity contribution < 1.29 is 48.3 Å². The summed E-state index contributed by atoms with van der Waals surface area (Å²) in [6, 6.07) is 6.40. The molecule has 2 fully saturated rings. The molecule has 2 unspecified atom stereocenters. The van der Waals surface area contributed by atoms with E-state index in [-0.39, 0.29) is 60.6 Å². The van der Waals surface area contributed by atoms with Gasteiger partial charge in [0.25, 0.3) is 5.91 Å². The Balaban J connectivity index is 1.69. The molecule has 5 rings (SSSR count). The van der Waals surface area contributed by atoms with Crippen molar-refractivity contribution in [1.29, 1.82) is 0 Å². The van der Waals surface area contributed by atoms with Gasteiger partial charge >= 0.3 is 18.0 Å². The third-order valence-corrected chi connectivity index (χ3v) is 12.2. The van der Waals surface area contributed by atoms with Gasteiger partial charge in [0.15, 0.2) is 15.5 Å². The van der Waals surface area contributed by atoms with Crippen LogP contribution in [-0.2, 0) is 31.5 Å². The summed E-state index contributed by atoms with van der Waals surface area (Å²) in [5.41, 5.74) is -9.08. The van der Waals surface area contributed by atoms with E-state index in [1.165, 1.54) is 17.0 Å². The number of sulfone groups is 1. The number of halogens is 8. The minimum atomic E-state index is -6.34. The second kappa shape index (κ2) is 10.7. The first-order chi connectivity index (χ1) is 20.3. The third-order valence-electron chi connectivity index (χ3n) is 9.69. The number of nitrogens with zero attached hydrogens (tertiary/aromatic N) is 1. The van der Waals surface area contributed by atoms with Crippen LogP contribution in [0.1, 0.15) is 87.0 Å². The smallest absolute Gasteiger partial charge is 0.335 e. The maximum atomic E-state index is 15.9. The number of fused-ring (bicyclic) bond motifs is 3. The Morgan fingerprint density at radius 1 is 0.886 bits per heavy atom. The van der Waals surface area contributed by atoms with E-state index in [4.69, 9.17) is 0 Å². The van der Waals surface area contributed by atoms with Crippen molar-refractivity contribution in [2.45, 2.75) is 111 Å². The third kappa shape index (κ3) is 4.74. The molecule has 2 aromatic rings. The molecule has 1 heterocycles. The quantitative estimate of drug-likeness (QED) is 0.308. The minimum Gasteiger partial charge on any atom is -0.335 e. The van der Waals surface area contributed by atoms with Crippen molar-refractivity contribution in [1.82, 2.24) is 4.90 Å². The summed E-state index contributed by atoms with van der Waals surface area (Å²) in [4.78, 5) is 14.7. The second-order valence-corrected chi connectivity index (χ2v) is 14.7. The van der Waals surface area contributed by atoms with Gasteiger partial charge in [-0.1, -0.05) is 50.6 Å². The highest BCUT2D eigenvalue weighted by Gasteiger charge is 2.74. The van der Waals surface area contributed by atoms with Gasteiger partial charge in [-0.25, -0.2) is 17.2 Å². The van der Waals surface area contributed by atoms with E-state index in [1.807, 2.05) is 13.8 Å². The molecule has 3 aliphatic rings. The van der Waals surface area contributed by atoms with Crippen molar-refractivity contribution in [2.24, 2.45) is 0 Å². The molecular formula is C31H33F8NO3S. The average molecular weight is 652 g/mol. The molecule has 4 nitrogen and oxygen atoms in total. The minimum absolute atomic E-state index is 0.0289. The standard InChI is InChI=1S/C31H33F8NO3S/c1-19(2)20-6-10-23(11-7-20)44(42,43)28-16-17-40(26(41)27(32)14-4-3-5-15-27)25(28)13-8-21-18-22(9-12-24(21)28)29(33,30(34,35)36)31(37,38)39/h6-7,9-12,18-19,25H,3-5,8,13-17H2,1-2H3. The molecule has 2 aromatic carbocycles. The Hall–Kier alpha value is -2.70. The number of hydrogen-bond acceptors (Lipinski definition) is 3. The largest absolute Gasteiger partial charge is 0.435 e. The van der Waals surface area contributed by atoms with E-state index in [0.29, 0.717) is 25.0 Å². The molecule has 1 saturated heterocycles. The van der Waals surface area contributed by atoms with Crippen molar-refractivity contribution in [3.63, 3.8) is 0 Å². The van der Waals surface area contributed by atoms with Crippen LogP contribution in [0, 0.1) is 0 Å². The molecule has 242 valence electrons. The summed E-state index contributed by atoms with van der Waals surface area (Å²) in [6.45, 7) is 3.62. The molecule has 1 aliphatic heterocycles. The second-order valence-electron chi connectivity index (χ2n) is 12.5. The molecule has 1 saturated carbocycles. The van der Waals surface area contributed by atoms with Gasteiger partial charge in [-0.15, -0.1) is 0 Å². The first-order valence-electron chi connectivity index (χ1n) is 14.6. The molecule has 0 N–H and O–H groups in total. The summed E-state index contributed by atoms with van der Waals surface area (Å²) in [5, 5.41) is 0. The summed E-state index contributed by atoms with van der Waals surface area (Å²) in [6.07, 6.45) is -11.7. The lowest BCUT2D eigenvalue weighted by Gasteiger charge is -2.44. The van der Waals surface area contributed by atoms with Crippen LogP contribution < -0.4 is 0 Å². The highest BCUT2D eigenvalue weighted by molar-refractivity contribution is 7.92. The lowest BCUT2D eigenvalue weighted by molar-refractivity contribution is -0.348. The summed E-state index contributed by atoms with van der Waals surface area (Å²) in [5.74, 6) is -0.794. The maximum Gasteiger partial charge on any atom is 0.435 e. The average Bonchev–Trinajstić information content (AvgIpc) is 3.37. The molecular weight excluding hydrogens is 618 g/mol. The fourth-order valence-electron chi connectivity index (χ4n) is 7.30. The lowest BCUT2D eigenvalue weighted by Crippen LogP contribution is -2.56. The van der Waals surface area contributed by atoms with Gasteiger partial charge in [-0.3, -0.25) is 4.79 Å². The first-order valence-corrected chi connectivity index (χ1v) is 16.1. The highest BCUT2D eigenvalue weighted by Crippen LogP contribution is 2.57. The van der Waals surface area contributed by atoms with Crippen LogP contribution in [0.4, 0.5) is 35.1 Å². The number of alkyl halides is 8. The summed E-state index contributed by atoms with van der Waals surface area (Å²) >= 11 is 0. The molecule has 44 heavy (non-hydrogen) atoms. The Morgan fingerprint density at radius 2 is 1.48 bits per heavy atom. The van der Waals surface area contributed by atoms with E-state index in [0.717, 1.165) is 18.1 Å². The zero-order valence-electron chi connectivity index (χ0n) is 24.2. The SMILES string of the molecule is CC(C)c1ccc(S(=O)(=O)C23CCN(C(=O)C4(F)CCCCC4)C2CCc2cc(C(F)(C(F)(F)F)C(F)(F)F)ccc23)cc1. The molecule has 13 heteroatoms. The number of rotatable bonds is 5. The van der Waals surface area contributed by atoms with Gasteiger partial charge in [-0.2, -0.15) is 26.3 Å². The number of aryl methyl sites for hydroxylation is 1. The Labute approximate surface area is 250 Å². The van der Waals surface area contributed by atoms with Crippen LogP contribution >= 0.6 is 0 Å². The molecule has 0 aromatic heterocycles. The zero-order chi connectivity index (χ0) is 32.5. The Bertz CT molecular complexity index is 1510. The van der Waals surface area contributed by atoms with Crippen molar-refractivity contribution in [3.8, 4) is 0 Å².